The van der Waals surface area contributed by atoms with E-state index in [1.807, 2.05) is 0 Å². The molecule has 1 atom stereocenters. The lowest BCUT2D eigenvalue weighted by molar-refractivity contribution is 0.0952. The van der Waals surface area contributed by atoms with Crippen LogP contribution >= 0.6 is 23.2 Å². The number of rotatable bonds is 4. The van der Waals surface area contributed by atoms with Crippen LogP contribution in [0.5, 0.6) is 0 Å². The first-order valence-corrected chi connectivity index (χ1v) is 6.77. The van der Waals surface area contributed by atoms with E-state index in [0.717, 1.165) is 6.42 Å². The van der Waals surface area contributed by atoms with Crippen LogP contribution in [0.1, 0.15) is 37.6 Å². The molecule has 0 heterocycles. The predicted octanol–water partition coefficient (Wildman–Crippen LogP) is 4.11. The van der Waals surface area contributed by atoms with Crippen molar-refractivity contribution in [2.24, 2.45) is 5.41 Å². The zero-order valence-corrected chi connectivity index (χ0v) is 12.5. The number of hydrogen-bond acceptors (Lipinski definition) is 1. The summed E-state index contributed by atoms with van der Waals surface area (Å²) in [5.41, 5.74) is 0.717. The van der Waals surface area contributed by atoms with E-state index in [0.29, 0.717) is 17.1 Å². The molecule has 1 aromatic rings. The highest BCUT2D eigenvalue weighted by atomic mass is 35.5. The second-order valence-electron chi connectivity index (χ2n) is 5.58. The number of carbonyl (C=O) groups is 1. The van der Waals surface area contributed by atoms with Crippen molar-refractivity contribution in [3.63, 3.8) is 0 Å². The average Bonchev–Trinajstić information content (AvgIpc) is 2.23. The molecule has 0 spiro atoms. The molecule has 0 saturated carbocycles. The van der Waals surface area contributed by atoms with Crippen LogP contribution in [-0.4, -0.2) is 17.8 Å². The average molecular weight is 288 g/mol. The summed E-state index contributed by atoms with van der Waals surface area (Å²) in [7, 11) is 0. The SMILES string of the molecule is CC(C)(C)CC(Cl)CNC(=O)c1cccc(Cl)c1. The molecule has 1 unspecified atom stereocenters. The minimum absolute atomic E-state index is 0.0619. The minimum atomic E-state index is -0.142. The van der Waals surface area contributed by atoms with Gasteiger partial charge in [0.05, 0.1) is 5.38 Å². The van der Waals surface area contributed by atoms with Gasteiger partial charge in [-0.25, -0.2) is 0 Å². The Morgan fingerprint density at radius 1 is 1.39 bits per heavy atom. The lowest BCUT2D eigenvalue weighted by Gasteiger charge is -2.22. The summed E-state index contributed by atoms with van der Waals surface area (Å²) in [6.07, 6.45) is 0.852. The first kappa shape index (κ1) is 15.3. The topological polar surface area (TPSA) is 29.1 Å². The monoisotopic (exact) mass is 287 g/mol. The first-order valence-electron chi connectivity index (χ1n) is 5.96. The molecular weight excluding hydrogens is 269 g/mol. The van der Waals surface area contributed by atoms with E-state index in [1.165, 1.54) is 0 Å². The highest BCUT2D eigenvalue weighted by molar-refractivity contribution is 6.31. The molecule has 0 aromatic heterocycles. The second kappa shape index (κ2) is 6.44. The third-order valence-electron chi connectivity index (χ3n) is 2.40. The maximum atomic E-state index is 11.8. The molecule has 0 aliphatic rings. The number of nitrogens with one attached hydrogen (secondary N) is 1. The van der Waals surface area contributed by atoms with E-state index in [-0.39, 0.29) is 16.7 Å². The van der Waals surface area contributed by atoms with Gasteiger partial charge in [-0.05, 0) is 30.0 Å². The molecule has 1 aromatic carbocycles. The maximum Gasteiger partial charge on any atom is 0.251 e. The summed E-state index contributed by atoms with van der Waals surface area (Å²) in [5, 5.41) is 3.31. The van der Waals surface area contributed by atoms with Crippen molar-refractivity contribution in [3.05, 3.63) is 34.9 Å². The molecule has 0 fully saturated rings. The summed E-state index contributed by atoms with van der Waals surface area (Å²) in [5.74, 6) is -0.142. The normalized spacial score (nSPS) is 13.2. The van der Waals surface area contributed by atoms with Gasteiger partial charge < -0.3 is 5.32 Å². The van der Waals surface area contributed by atoms with Gasteiger partial charge in [-0.2, -0.15) is 0 Å². The molecule has 100 valence electrons. The van der Waals surface area contributed by atoms with Gasteiger partial charge in [0.15, 0.2) is 0 Å². The molecule has 0 aliphatic carbocycles. The molecule has 1 amide bonds. The number of carbonyl (C=O) groups excluding carboxylic acids is 1. The van der Waals surface area contributed by atoms with Crippen molar-refractivity contribution in [1.29, 1.82) is 0 Å². The number of hydrogen-bond donors (Lipinski definition) is 1. The van der Waals surface area contributed by atoms with Gasteiger partial charge >= 0.3 is 0 Å². The fourth-order valence-electron chi connectivity index (χ4n) is 1.67. The van der Waals surface area contributed by atoms with Crippen LogP contribution in [0.4, 0.5) is 0 Å². The molecule has 4 heteroatoms. The van der Waals surface area contributed by atoms with Crippen molar-refractivity contribution in [2.75, 3.05) is 6.54 Å². The van der Waals surface area contributed by atoms with Crippen molar-refractivity contribution in [2.45, 2.75) is 32.6 Å². The molecule has 1 rings (SSSR count). The Bertz CT molecular complexity index is 413. The quantitative estimate of drug-likeness (QED) is 0.830. The zero-order chi connectivity index (χ0) is 13.8. The molecule has 0 bridgehead atoms. The molecule has 0 aliphatic heterocycles. The van der Waals surface area contributed by atoms with E-state index in [9.17, 15) is 4.79 Å². The fourth-order valence-corrected chi connectivity index (χ4v) is 2.40. The summed E-state index contributed by atoms with van der Waals surface area (Å²) in [6, 6.07) is 6.87. The lowest BCUT2D eigenvalue weighted by atomic mass is 9.90. The van der Waals surface area contributed by atoms with Gasteiger partial charge in [0, 0.05) is 17.1 Å². The molecular formula is C14H19Cl2NO. The Hall–Kier alpha value is -0.730. The van der Waals surface area contributed by atoms with Crippen LogP contribution < -0.4 is 5.32 Å². The van der Waals surface area contributed by atoms with Crippen molar-refractivity contribution in [1.82, 2.24) is 5.32 Å². The van der Waals surface area contributed by atoms with Crippen LogP contribution in [-0.2, 0) is 0 Å². The highest BCUT2D eigenvalue weighted by Gasteiger charge is 2.17. The Morgan fingerprint density at radius 2 is 2.06 bits per heavy atom. The lowest BCUT2D eigenvalue weighted by Crippen LogP contribution is -2.31. The van der Waals surface area contributed by atoms with Crippen LogP contribution in [0, 0.1) is 5.41 Å². The van der Waals surface area contributed by atoms with Gasteiger partial charge in [0.1, 0.15) is 0 Å². The van der Waals surface area contributed by atoms with Crippen LogP contribution in [0.3, 0.4) is 0 Å². The highest BCUT2D eigenvalue weighted by Crippen LogP contribution is 2.23. The summed E-state index contributed by atoms with van der Waals surface area (Å²) >= 11 is 12.0. The van der Waals surface area contributed by atoms with E-state index in [2.05, 4.69) is 26.1 Å². The van der Waals surface area contributed by atoms with Gasteiger partial charge in [-0.15, -0.1) is 11.6 Å². The Kier molecular flexibility index (Phi) is 5.48. The van der Waals surface area contributed by atoms with Crippen LogP contribution in [0.25, 0.3) is 0 Å². The van der Waals surface area contributed by atoms with Crippen LogP contribution in [0.15, 0.2) is 24.3 Å². The smallest absolute Gasteiger partial charge is 0.251 e. The standard InChI is InChI=1S/C14H19Cl2NO/c1-14(2,3)8-12(16)9-17-13(18)10-5-4-6-11(15)7-10/h4-7,12H,8-9H2,1-3H3,(H,17,18). The Balaban J connectivity index is 2.47. The molecule has 2 nitrogen and oxygen atoms in total. The van der Waals surface area contributed by atoms with E-state index in [4.69, 9.17) is 23.2 Å². The third-order valence-corrected chi connectivity index (χ3v) is 2.95. The minimum Gasteiger partial charge on any atom is -0.351 e. The zero-order valence-electron chi connectivity index (χ0n) is 11.0. The molecule has 0 radical (unpaired) electrons. The van der Waals surface area contributed by atoms with Gasteiger partial charge in [0.25, 0.3) is 5.91 Å². The second-order valence-corrected chi connectivity index (χ2v) is 6.64. The van der Waals surface area contributed by atoms with E-state index in [1.54, 1.807) is 24.3 Å². The fraction of sp³-hybridized carbons (Fsp3) is 0.500. The molecule has 18 heavy (non-hydrogen) atoms. The number of alkyl halides is 1. The summed E-state index contributed by atoms with van der Waals surface area (Å²) in [6.45, 7) is 6.84. The van der Waals surface area contributed by atoms with Gasteiger partial charge in [-0.3, -0.25) is 4.79 Å². The number of amides is 1. The number of halogens is 2. The summed E-state index contributed by atoms with van der Waals surface area (Å²) < 4.78 is 0. The maximum absolute atomic E-state index is 11.8. The summed E-state index contributed by atoms with van der Waals surface area (Å²) in [4.78, 5) is 11.8. The van der Waals surface area contributed by atoms with Crippen molar-refractivity contribution in [3.8, 4) is 0 Å². The largest absolute Gasteiger partial charge is 0.351 e. The van der Waals surface area contributed by atoms with Crippen molar-refractivity contribution < 1.29 is 4.79 Å². The third kappa shape index (κ3) is 5.74. The van der Waals surface area contributed by atoms with E-state index < -0.39 is 0 Å². The van der Waals surface area contributed by atoms with Crippen LogP contribution in [0.2, 0.25) is 5.02 Å². The van der Waals surface area contributed by atoms with Gasteiger partial charge in [0.2, 0.25) is 0 Å². The Morgan fingerprint density at radius 3 is 2.61 bits per heavy atom. The number of benzene rings is 1. The van der Waals surface area contributed by atoms with Crippen molar-refractivity contribution >= 4 is 29.1 Å². The molecule has 1 N–H and O–H groups in total. The molecule has 0 saturated heterocycles. The predicted molar refractivity (Wildman–Crippen MR) is 77.5 cm³/mol. The van der Waals surface area contributed by atoms with Gasteiger partial charge in [-0.1, -0.05) is 38.4 Å². The Labute approximate surface area is 119 Å². The first-order chi connectivity index (χ1) is 8.28. The van der Waals surface area contributed by atoms with E-state index >= 15 is 0 Å².